The molecule has 1 rings (SSSR count). The molecule has 0 spiro atoms. The first-order valence-corrected chi connectivity index (χ1v) is 5.87. The summed E-state index contributed by atoms with van der Waals surface area (Å²) in [6, 6.07) is 0.420. The molecule has 1 unspecified atom stereocenters. The number of carbonyl (C=O) groups is 1. The minimum atomic E-state index is -0.176. The number of nitrogens with one attached hydrogen (secondary N) is 1. The van der Waals surface area contributed by atoms with E-state index in [4.69, 9.17) is 0 Å². The van der Waals surface area contributed by atoms with Crippen LogP contribution in [-0.2, 0) is 4.79 Å². The van der Waals surface area contributed by atoms with Gasteiger partial charge in [0.15, 0.2) is 0 Å². The molecule has 1 N–H and O–H groups in total. The second-order valence-electron chi connectivity index (χ2n) is 3.78. The van der Waals surface area contributed by atoms with Crippen molar-refractivity contribution in [2.75, 3.05) is 19.6 Å². The fourth-order valence-electron chi connectivity index (χ4n) is 1.95. The number of thiol groups is 1. The average Bonchev–Trinajstić information content (AvgIpc) is 2.20. The van der Waals surface area contributed by atoms with Gasteiger partial charge in [-0.25, -0.2) is 0 Å². The molecule has 1 atom stereocenters. The molecule has 1 aliphatic rings. The summed E-state index contributed by atoms with van der Waals surface area (Å²) >= 11 is 4.20. The van der Waals surface area contributed by atoms with Gasteiger partial charge in [-0.1, -0.05) is 0 Å². The van der Waals surface area contributed by atoms with Crippen molar-refractivity contribution in [3.63, 3.8) is 0 Å². The van der Waals surface area contributed by atoms with Crippen molar-refractivity contribution >= 4 is 18.5 Å². The van der Waals surface area contributed by atoms with Gasteiger partial charge in [-0.3, -0.25) is 4.79 Å². The number of hydrogen-bond donors (Lipinski definition) is 2. The van der Waals surface area contributed by atoms with Crippen LogP contribution >= 0.6 is 12.6 Å². The van der Waals surface area contributed by atoms with Gasteiger partial charge in [0.05, 0.1) is 5.25 Å². The largest absolute Gasteiger partial charge is 0.339 e. The van der Waals surface area contributed by atoms with E-state index in [0.29, 0.717) is 6.04 Å². The Balaban J connectivity index is 2.55. The fraction of sp³-hybridized carbons (Fsp3) is 0.900. The highest BCUT2D eigenvalue weighted by Crippen LogP contribution is 2.14. The summed E-state index contributed by atoms with van der Waals surface area (Å²) in [6.45, 7) is 6.73. The van der Waals surface area contributed by atoms with Crippen LogP contribution < -0.4 is 5.32 Å². The predicted octanol–water partition coefficient (Wildman–Crippen LogP) is 0.905. The summed E-state index contributed by atoms with van der Waals surface area (Å²) < 4.78 is 0. The van der Waals surface area contributed by atoms with Crippen LogP contribution in [0.5, 0.6) is 0 Å². The Morgan fingerprint density at radius 3 is 2.57 bits per heavy atom. The zero-order valence-corrected chi connectivity index (χ0v) is 9.89. The van der Waals surface area contributed by atoms with E-state index in [1.165, 1.54) is 0 Å². The van der Waals surface area contributed by atoms with Crippen LogP contribution in [0.15, 0.2) is 0 Å². The minimum absolute atomic E-state index is 0.169. The molecule has 14 heavy (non-hydrogen) atoms. The molecular weight excluding hydrogens is 196 g/mol. The molecule has 1 amide bonds. The molecule has 0 aromatic rings. The lowest BCUT2D eigenvalue weighted by Gasteiger charge is -2.34. The molecule has 1 aliphatic heterocycles. The van der Waals surface area contributed by atoms with Crippen molar-refractivity contribution in [2.24, 2.45) is 0 Å². The monoisotopic (exact) mass is 216 g/mol. The molecule has 3 nitrogen and oxygen atoms in total. The topological polar surface area (TPSA) is 32.3 Å². The van der Waals surface area contributed by atoms with Gasteiger partial charge < -0.3 is 10.2 Å². The van der Waals surface area contributed by atoms with Crippen LogP contribution in [0.1, 0.15) is 26.7 Å². The normalized spacial score (nSPS) is 20.5. The van der Waals surface area contributed by atoms with E-state index in [1.807, 2.05) is 18.7 Å². The standard InChI is InChI=1S/C10H20N2OS/c1-3-12(10(13)8(2)14)9-4-6-11-7-5-9/h8-9,11,14H,3-7H2,1-2H3. The van der Waals surface area contributed by atoms with Crippen LogP contribution in [0.25, 0.3) is 0 Å². The number of amides is 1. The van der Waals surface area contributed by atoms with Gasteiger partial charge >= 0.3 is 0 Å². The van der Waals surface area contributed by atoms with Crippen molar-refractivity contribution in [3.8, 4) is 0 Å². The van der Waals surface area contributed by atoms with E-state index >= 15 is 0 Å². The summed E-state index contributed by atoms with van der Waals surface area (Å²) in [5, 5.41) is 3.13. The second-order valence-corrected chi connectivity index (χ2v) is 4.56. The highest BCUT2D eigenvalue weighted by atomic mass is 32.1. The maximum atomic E-state index is 11.8. The van der Waals surface area contributed by atoms with Gasteiger partial charge in [-0.05, 0) is 39.8 Å². The van der Waals surface area contributed by atoms with Gasteiger partial charge in [-0.2, -0.15) is 12.6 Å². The Hall–Kier alpha value is -0.220. The molecule has 82 valence electrons. The van der Waals surface area contributed by atoms with Crippen LogP contribution in [0.4, 0.5) is 0 Å². The van der Waals surface area contributed by atoms with Crippen molar-refractivity contribution in [2.45, 2.75) is 38.0 Å². The number of carbonyl (C=O) groups excluding carboxylic acids is 1. The van der Waals surface area contributed by atoms with Gasteiger partial charge in [0.25, 0.3) is 0 Å². The van der Waals surface area contributed by atoms with E-state index in [9.17, 15) is 4.79 Å². The third kappa shape index (κ3) is 2.89. The molecular formula is C10H20N2OS. The molecule has 0 radical (unpaired) electrons. The molecule has 0 aromatic heterocycles. The lowest BCUT2D eigenvalue weighted by Crippen LogP contribution is -2.48. The van der Waals surface area contributed by atoms with Crippen molar-refractivity contribution < 1.29 is 4.79 Å². The molecule has 1 fully saturated rings. The van der Waals surface area contributed by atoms with Crippen LogP contribution in [0.3, 0.4) is 0 Å². The van der Waals surface area contributed by atoms with Crippen LogP contribution in [-0.4, -0.2) is 41.7 Å². The SMILES string of the molecule is CCN(C(=O)C(C)S)C1CCNCC1. The quantitative estimate of drug-likeness (QED) is 0.687. The van der Waals surface area contributed by atoms with Crippen molar-refractivity contribution in [1.29, 1.82) is 0 Å². The predicted molar refractivity (Wildman–Crippen MR) is 61.7 cm³/mol. The maximum absolute atomic E-state index is 11.8. The van der Waals surface area contributed by atoms with E-state index in [0.717, 1.165) is 32.5 Å². The Morgan fingerprint density at radius 1 is 1.57 bits per heavy atom. The Labute approximate surface area is 91.6 Å². The zero-order chi connectivity index (χ0) is 10.6. The minimum Gasteiger partial charge on any atom is -0.339 e. The molecule has 0 bridgehead atoms. The third-order valence-electron chi connectivity index (χ3n) is 2.73. The summed E-state index contributed by atoms with van der Waals surface area (Å²) in [5.74, 6) is 0.169. The lowest BCUT2D eigenvalue weighted by molar-refractivity contribution is -0.132. The van der Waals surface area contributed by atoms with Crippen LogP contribution in [0.2, 0.25) is 0 Å². The summed E-state index contributed by atoms with van der Waals surface area (Å²) in [7, 11) is 0. The first-order valence-electron chi connectivity index (χ1n) is 5.36. The van der Waals surface area contributed by atoms with Gasteiger partial charge in [0, 0.05) is 12.6 Å². The van der Waals surface area contributed by atoms with Crippen molar-refractivity contribution in [1.82, 2.24) is 10.2 Å². The van der Waals surface area contributed by atoms with Crippen molar-refractivity contribution in [3.05, 3.63) is 0 Å². The molecule has 1 heterocycles. The van der Waals surface area contributed by atoms with Gasteiger partial charge in [0.2, 0.25) is 5.91 Å². The zero-order valence-electron chi connectivity index (χ0n) is 8.99. The molecule has 0 saturated carbocycles. The second kappa shape index (κ2) is 5.61. The van der Waals surface area contributed by atoms with E-state index in [2.05, 4.69) is 17.9 Å². The Bertz CT molecular complexity index is 191. The first kappa shape index (κ1) is 11.9. The Kier molecular flexibility index (Phi) is 4.75. The van der Waals surface area contributed by atoms with Crippen LogP contribution in [0, 0.1) is 0 Å². The lowest BCUT2D eigenvalue weighted by atomic mass is 10.0. The van der Waals surface area contributed by atoms with E-state index < -0.39 is 0 Å². The third-order valence-corrected chi connectivity index (χ3v) is 2.95. The maximum Gasteiger partial charge on any atom is 0.235 e. The number of piperidine rings is 1. The highest BCUT2D eigenvalue weighted by molar-refractivity contribution is 7.81. The van der Waals surface area contributed by atoms with E-state index in [1.54, 1.807) is 0 Å². The molecule has 1 saturated heterocycles. The summed E-state index contributed by atoms with van der Waals surface area (Å²) in [4.78, 5) is 13.8. The average molecular weight is 216 g/mol. The first-order chi connectivity index (χ1) is 6.66. The fourth-order valence-corrected chi connectivity index (χ4v) is 2.10. The van der Waals surface area contributed by atoms with Gasteiger partial charge in [0.1, 0.15) is 0 Å². The molecule has 0 aromatic carbocycles. The number of nitrogens with zero attached hydrogens (tertiary/aromatic N) is 1. The number of hydrogen-bond acceptors (Lipinski definition) is 3. The molecule has 0 aliphatic carbocycles. The molecule has 4 heteroatoms. The Morgan fingerprint density at radius 2 is 2.14 bits per heavy atom. The summed E-state index contributed by atoms with van der Waals surface area (Å²) in [5.41, 5.74) is 0. The number of rotatable bonds is 3. The van der Waals surface area contributed by atoms with Gasteiger partial charge in [-0.15, -0.1) is 0 Å². The summed E-state index contributed by atoms with van der Waals surface area (Å²) in [6.07, 6.45) is 2.14. The highest BCUT2D eigenvalue weighted by Gasteiger charge is 2.25. The smallest absolute Gasteiger partial charge is 0.235 e. The van der Waals surface area contributed by atoms with E-state index in [-0.39, 0.29) is 11.2 Å².